The minimum atomic E-state index is 0.0197. The number of hydrogen-bond donors (Lipinski definition) is 0. The average molecular weight is 301 g/mol. The molecule has 2 aromatic rings. The van der Waals surface area contributed by atoms with Gasteiger partial charge in [0.1, 0.15) is 5.01 Å². The fourth-order valence-electron chi connectivity index (χ4n) is 2.33. The lowest BCUT2D eigenvalue weighted by atomic mass is 10.1. The number of amides is 2. The first-order chi connectivity index (χ1) is 10.3. The molecule has 2 heterocycles. The van der Waals surface area contributed by atoms with Gasteiger partial charge < -0.3 is 9.80 Å². The molecule has 21 heavy (non-hydrogen) atoms. The monoisotopic (exact) mass is 301 g/mol. The van der Waals surface area contributed by atoms with Crippen molar-refractivity contribution in [1.82, 2.24) is 14.8 Å². The zero-order chi connectivity index (χ0) is 14.7. The highest BCUT2D eigenvalue weighted by atomic mass is 32.1. The molecular weight excluding hydrogens is 286 g/mol. The van der Waals surface area contributed by atoms with Crippen molar-refractivity contribution in [3.63, 3.8) is 0 Å². The molecule has 0 unspecified atom stereocenters. The normalized spacial score (nSPS) is 15.0. The summed E-state index contributed by atoms with van der Waals surface area (Å²) in [6.45, 7) is 2.39. The van der Waals surface area contributed by atoms with E-state index < -0.39 is 0 Å². The largest absolute Gasteiger partial charge is 0.342 e. The Morgan fingerprint density at radius 3 is 2.43 bits per heavy atom. The number of aromatic nitrogens is 1. The number of hydrogen-bond acceptors (Lipinski definition) is 4. The molecule has 3 rings (SSSR count). The number of rotatable bonds is 3. The van der Waals surface area contributed by atoms with Gasteiger partial charge in [-0.05, 0) is 12.1 Å². The van der Waals surface area contributed by atoms with E-state index in [9.17, 15) is 9.59 Å². The van der Waals surface area contributed by atoms with Crippen LogP contribution in [0.3, 0.4) is 0 Å². The van der Waals surface area contributed by atoms with Gasteiger partial charge in [0, 0.05) is 48.9 Å². The Labute approximate surface area is 126 Å². The highest BCUT2D eigenvalue weighted by molar-refractivity contribution is 7.13. The lowest BCUT2D eigenvalue weighted by Gasteiger charge is -2.32. The van der Waals surface area contributed by atoms with Crippen LogP contribution >= 0.6 is 11.3 Å². The zero-order valence-corrected chi connectivity index (χ0v) is 12.3. The van der Waals surface area contributed by atoms with Crippen molar-refractivity contribution in [2.45, 2.75) is 0 Å². The number of carbonyl (C=O) groups excluding carboxylic acids is 2. The fraction of sp³-hybridized carbons (Fsp3) is 0.267. The van der Waals surface area contributed by atoms with Crippen molar-refractivity contribution in [3.8, 4) is 10.6 Å². The van der Waals surface area contributed by atoms with Crippen LogP contribution in [0.15, 0.2) is 35.8 Å². The second-order valence-corrected chi connectivity index (χ2v) is 5.74. The Morgan fingerprint density at radius 2 is 1.86 bits per heavy atom. The van der Waals surface area contributed by atoms with Crippen molar-refractivity contribution in [3.05, 3.63) is 41.4 Å². The van der Waals surface area contributed by atoms with E-state index in [1.54, 1.807) is 27.3 Å². The molecule has 1 aliphatic heterocycles. The van der Waals surface area contributed by atoms with Crippen molar-refractivity contribution in [1.29, 1.82) is 0 Å². The van der Waals surface area contributed by atoms with E-state index in [0.717, 1.165) is 17.0 Å². The molecular formula is C15H15N3O2S. The van der Waals surface area contributed by atoms with E-state index in [1.165, 1.54) is 0 Å². The Hall–Kier alpha value is -2.21. The minimum Gasteiger partial charge on any atom is -0.342 e. The van der Waals surface area contributed by atoms with Crippen LogP contribution in [-0.4, -0.2) is 53.3 Å². The molecule has 0 atom stereocenters. The quantitative estimate of drug-likeness (QED) is 0.811. The van der Waals surface area contributed by atoms with Gasteiger partial charge in [-0.25, -0.2) is 4.98 Å². The van der Waals surface area contributed by atoms with Crippen LogP contribution in [0.2, 0.25) is 0 Å². The van der Waals surface area contributed by atoms with E-state index in [0.29, 0.717) is 31.7 Å². The lowest BCUT2D eigenvalue weighted by Crippen LogP contribution is -2.48. The molecule has 0 N–H and O–H groups in total. The van der Waals surface area contributed by atoms with Crippen molar-refractivity contribution in [2.75, 3.05) is 26.2 Å². The summed E-state index contributed by atoms with van der Waals surface area (Å²) >= 11 is 1.58. The SMILES string of the molecule is O=CN1CCN(C(=O)c2ccc(-c3nccs3)cc2)CC1. The topological polar surface area (TPSA) is 53.5 Å². The van der Waals surface area contributed by atoms with Crippen LogP contribution < -0.4 is 0 Å². The lowest BCUT2D eigenvalue weighted by molar-refractivity contribution is -0.119. The van der Waals surface area contributed by atoms with Crippen molar-refractivity contribution in [2.24, 2.45) is 0 Å². The Balaban J connectivity index is 1.69. The number of benzene rings is 1. The summed E-state index contributed by atoms with van der Waals surface area (Å²) in [7, 11) is 0. The van der Waals surface area contributed by atoms with E-state index >= 15 is 0 Å². The molecule has 1 aromatic heterocycles. The van der Waals surface area contributed by atoms with Crippen LogP contribution in [-0.2, 0) is 4.79 Å². The fourth-order valence-corrected chi connectivity index (χ4v) is 2.98. The summed E-state index contributed by atoms with van der Waals surface area (Å²) in [5.41, 5.74) is 1.70. The first-order valence-electron chi connectivity index (χ1n) is 6.76. The van der Waals surface area contributed by atoms with Gasteiger partial charge in [0.25, 0.3) is 5.91 Å². The molecule has 0 radical (unpaired) electrons. The van der Waals surface area contributed by atoms with Crippen LogP contribution in [0, 0.1) is 0 Å². The van der Waals surface area contributed by atoms with Crippen LogP contribution in [0.1, 0.15) is 10.4 Å². The number of piperazine rings is 1. The molecule has 5 nitrogen and oxygen atoms in total. The molecule has 6 heteroatoms. The highest BCUT2D eigenvalue weighted by Gasteiger charge is 2.21. The Kier molecular flexibility index (Phi) is 3.96. The summed E-state index contributed by atoms with van der Waals surface area (Å²) in [4.78, 5) is 30.8. The van der Waals surface area contributed by atoms with E-state index in [2.05, 4.69) is 4.98 Å². The highest BCUT2D eigenvalue weighted by Crippen LogP contribution is 2.22. The molecule has 0 bridgehead atoms. The second-order valence-electron chi connectivity index (χ2n) is 4.85. The molecule has 0 saturated carbocycles. The molecule has 0 spiro atoms. The van der Waals surface area contributed by atoms with Crippen LogP contribution in [0.5, 0.6) is 0 Å². The van der Waals surface area contributed by atoms with Gasteiger partial charge in [-0.3, -0.25) is 9.59 Å². The summed E-state index contributed by atoms with van der Waals surface area (Å²) in [6, 6.07) is 7.53. The summed E-state index contributed by atoms with van der Waals surface area (Å²) in [5, 5.41) is 2.88. The maximum absolute atomic E-state index is 12.4. The third-order valence-electron chi connectivity index (χ3n) is 3.56. The van der Waals surface area contributed by atoms with E-state index in [-0.39, 0.29) is 5.91 Å². The minimum absolute atomic E-state index is 0.0197. The van der Waals surface area contributed by atoms with Crippen LogP contribution in [0.25, 0.3) is 10.6 Å². The molecule has 108 valence electrons. The Bertz CT molecular complexity index is 617. The molecule has 1 aromatic carbocycles. The Morgan fingerprint density at radius 1 is 1.14 bits per heavy atom. The number of carbonyl (C=O) groups is 2. The number of nitrogens with zero attached hydrogens (tertiary/aromatic N) is 3. The maximum atomic E-state index is 12.4. The van der Waals surface area contributed by atoms with Crippen molar-refractivity contribution < 1.29 is 9.59 Å². The van der Waals surface area contributed by atoms with Gasteiger partial charge in [-0.15, -0.1) is 11.3 Å². The second kappa shape index (κ2) is 6.05. The molecule has 0 aliphatic carbocycles. The molecule has 1 fully saturated rings. The van der Waals surface area contributed by atoms with Crippen LogP contribution in [0.4, 0.5) is 0 Å². The van der Waals surface area contributed by atoms with Gasteiger partial charge in [0.2, 0.25) is 6.41 Å². The summed E-state index contributed by atoms with van der Waals surface area (Å²) < 4.78 is 0. The number of thiazole rings is 1. The van der Waals surface area contributed by atoms with Gasteiger partial charge in [-0.2, -0.15) is 0 Å². The smallest absolute Gasteiger partial charge is 0.253 e. The van der Waals surface area contributed by atoms with Gasteiger partial charge in [0.15, 0.2) is 0 Å². The molecule has 1 saturated heterocycles. The average Bonchev–Trinajstić information content (AvgIpc) is 3.09. The summed E-state index contributed by atoms with van der Waals surface area (Å²) in [6.07, 6.45) is 2.61. The third kappa shape index (κ3) is 2.95. The first kappa shape index (κ1) is 13.8. The van der Waals surface area contributed by atoms with E-state index in [4.69, 9.17) is 0 Å². The first-order valence-corrected chi connectivity index (χ1v) is 7.64. The van der Waals surface area contributed by atoms with E-state index in [1.807, 2.05) is 29.6 Å². The predicted octanol–water partition coefficient (Wildman–Crippen LogP) is 1.72. The molecule has 1 aliphatic rings. The van der Waals surface area contributed by atoms with Crippen molar-refractivity contribution >= 4 is 23.7 Å². The predicted molar refractivity (Wildman–Crippen MR) is 81.1 cm³/mol. The molecule has 2 amide bonds. The van der Waals surface area contributed by atoms with Gasteiger partial charge in [0.05, 0.1) is 0 Å². The zero-order valence-electron chi connectivity index (χ0n) is 11.4. The summed E-state index contributed by atoms with van der Waals surface area (Å²) in [5.74, 6) is 0.0197. The maximum Gasteiger partial charge on any atom is 0.253 e. The van der Waals surface area contributed by atoms with Gasteiger partial charge >= 0.3 is 0 Å². The van der Waals surface area contributed by atoms with Gasteiger partial charge in [-0.1, -0.05) is 12.1 Å². The third-order valence-corrected chi connectivity index (χ3v) is 4.38. The standard InChI is InChI=1S/C15H15N3O2S/c19-11-17-6-8-18(9-7-17)15(20)13-3-1-12(2-4-13)14-16-5-10-21-14/h1-5,10-11H,6-9H2.